The number of aromatic nitrogens is 1. The zero-order valence-corrected chi connectivity index (χ0v) is 14.7. The highest BCUT2D eigenvalue weighted by Gasteiger charge is 2.21. The molecule has 1 aromatic carbocycles. The number of nitrogens with zero attached hydrogens (tertiary/aromatic N) is 2. The molecule has 1 aliphatic heterocycles. The lowest BCUT2D eigenvalue weighted by molar-refractivity contribution is -0.116. The van der Waals surface area contributed by atoms with Crippen LogP contribution in [0.1, 0.15) is 30.0 Å². The number of para-hydroxylation sites is 1. The highest BCUT2D eigenvalue weighted by atomic mass is 16.5. The van der Waals surface area contributed by atoms with Gasteiger partial charge in [0.15, 0.2) is 5.96 Å². The molecule has 26 heavy (non-hydrogen) atoms. The second kappa shape index (κ2) is 8.33. The molecule has 0 saturated carbocycles. The smallest absolute Gasteiger partial charge is 0.227 e. The van der Waals surface area contributed by atoms with E-state index in [2.05, 4.69) is 20.6 Å². The first-order valence-electron chi connectivity index (χ1n) is 8.62. The molecule has 136 valence electrons. The third kappa shape index (κ3) is 4.72. The van der Waals surface area contributed by atoms with E-state index in [0.29, 0.717) is 24.9 Å². The van der Waals surface area contributed by atoms with Crippen molar-refractivity contribution >= 4 is 17.7 Å². The summed E-state index contributed by atoms with van der Waals surface area (Å²) in [5.41, 5.74) is 8.08. The van der Waals surface area contributed by atoms with Gasteiger partial charge in [0.25, 0.3) is 0 Å². The molecule has 1 amide bonds. The SMILES string of the molecule is Cc1ccc(NC(=O)CCN=C(N)NC2CCOc3ccccc32)nc1. The van der Waals surface area contributed by atoms with Crippen molar-refractivity contribution in [2.45, 2.75) is 25.8 Å². The van der Waals surface area contributed by atoms with Crippen LogP contribution in [0.3, 0.4) is 0 Å². The molecule has 0 bridgehead atoms. The summed E-state index contributed by atoms with van der Waals surface area (Å²) in [5.74, 6) is 1.59. The molecule has 0 saturated heterocycles. The first-order chi connectivity index (χ1) is 12.6. The van der Waals surface area contributed by atoms with Crippen LogP contribution in [0.2, 0.25) is 0 Å². The van der Waals surface area contributed by atoms with E-state index in [0.717, 1.165) is 23.3 Å². The molecule has 7 nitrogen and oxygen atoms in total. The minimum absolute atomic E-state index is 0.0642. The van der Waals surface area contributed by atoms with Crippen LogP contribution in [0.5, 0.6) is 5.75 Å². The fourth-order valence-electron chi connectivity index (χ4n) is 2.74. The number of rotatable bonds is 5. The van der Waals surface area contributed by atoms with Gasteiger partial charge in [-0.2, -0.15) is 0 Å². The van der Waals surface area contributed by atoms with Crippen molar-refractivity contribution in [3.63, 3.8) is 0 Å². The van der Waals surface area contributed by atoms with Gasteiger partial charge >= 0.3 is 0 Å². The number of carbonyl (C=O) groups is 1. The Morgan fingerprint density at radius 1 is 1.35 bits per heavy atom. The van der Waals surface area contributed by atoms with E-state index in [9.17, 15) is 4.79 Å². The maximum Gasteiger partial charge on any atom is 0.227 e. The van der Waals surface area contributed by atoms with Gasteiger partial charge in [-0.3, -0.25) is 9.79 Å². The van der Waals surface area contributed by atoms with E-state index in [1.165, 1.54) is 0 Å². The lowest BCUT2D eigenvalue weighted by atomic mass is 10.0. The normalized spacial score (nSPS) is 16.3. The van der Waals surface area contributed by atoms with Gasteiger partial charge in [-0.05, 0) is 24.6 Å². The van der Waals surface area contributed by atoms with Crippen molar-refractivity contribution in [2.75, 3.05) is 18.5 Å². The second-order valence-electron chi connectivity index (χ2n) is 6.16. The Kier molecular flexibility index (Phi) is 5.68. The first-order valence-corrected chi connectivity index (χ1v) is 8.62. The summed E-state index contributed by atoms with van der Waals surface area (Å²) < 4.78 is 5.63. The minimum Gasteiger partial charge on any atom is -0.493 e. The average molecular weight is 353 g/mol. The number of nitrogens with two attached hydrogens (primary N) is 1. The fourth-order valence-corrected chi connectivity index (χ4v) is 2.74. The third-order valence-corrected chi connectivity index (χ3v) is 4.08. The molecule has 1 unspecified atom stereocenters. The zero-order chi connectivity index (χ0) is 18.4. The van der Waals surface area contributed by atoms with E-state index in [4.69, 9.17) is 10.5 Å². The van der Waals surface area contributed by atoms with E-state index in [1.54, 1.807) is 12.3 Å². The van der Waals surface area contributed by atoms with Gasteiger partial charge < -0.3 is 21.1 Å². The zero-order valence-electron chi connectivity index (χ0n) is 14.7. The van der Waals surface area contributed by atoms with Crippen LogP contribution in [0.4, 0.5) is 5.82 Å². The fraction of sp³-hybridized carbons (Fsp3) is 0.316. The van der Waals surface area contributed by atoms with Crippen LogP contribution in [-0.2, 0) is 4.79 Å². The van der Waals surface area contributed by atoms with Crippen molar-refractivity contribution in [1.29, 1.82) is 0 Å². The quantitative estimate of drug-likeness (QED) is 0.565. The lowest BCUT2D eigenvalue weighted by Gasteiger charge is -2.26. The van der Waals surface area contributed by atoms with Gasteiger partial charge in [0, 0.05) is 24.6 Å². The number of fused-ring (bicyclic) bond motifs is 1. The van der Waals surface area contributed by atoms with Crippen LogP contribution in [0, 0.1) is 6.92 Å². The molecular weight excluding hydrogens is 330 g/mol. The Hall–Kier alpha value is -3.09. The molecular formula is C19H23N5O2. The molecule has 2 aromatic rings. The van der Waals surface area contributed by atoms with Gasteiger partial charge in [-0.15, -0.1) is 0 Å². The number of aliphatic imine (C=N–C) groups is 1. The predicted octanol–water partition coefficient (Wildman–Crippen LogP) is 2.15. The summed E-state index contributed by atoms with van der Waals surface area (Å²) in [7, 11) is 0. The number of aryl methyl sites for hydroxylation is 1. The number of guanidine groups is 1. The van der Waals surface area contributed by atoms with Crippen molar-refractivity contribution in [3.05, 3.63) is 53.7 Å². The molecule has 1 aliphatic rings. The van der Waals surface area contributed by atoms with Crippen LogP contribution in [-0.4, -0.2) is 30.0 Å². The molecule has 0 aliphatic carbocycles. The van der Waals surface area contributed by atoms with Gasteiger partial charge in [0.2, 0.25) is 5.91 Å². The summed E-state index contributed by atoms with van der Waals surface area (Å²) in [6.45, 7) is 2.88. The van der Waals surface area contributed by atoms with Crippen molar-refractivity contribution in [2.24, 2.45) is 10.7 Å². The third-order valence-electron chi connectivity index (χ3n) is 4.08. The minimum atomic E-state index is -0.144. The number of nitrogens with one attached hydrogen (secondary N) is 2. The summed E-state index contributed by atoms with van der Waals surface area (Å²) in [6, 6.07) is 11.6. The largest absolute Gasteiger partial charge is 0.493 e. The van der Waals surface area contributed by atoms with E-state index in [1.807, 2.05) is 37.3 Å². The van der Waals surface area contributed by atoms with Crippen molar-refractivity contribution in [1.82, 2.24) is 10.3 Å². The second-order valence-corrected chi connectivity index (χ2v) is 6.16. The first kappa shape index (κ1) is 17.7. The number of benzene rings is 1. The topological polar surface area (TPSA) is 102 Å². The van der Waals surface area contributed by atoms with Crippen LogP contribution in [0.25, 0.3) is 0 Å². The molecule has 1 atom stereocenters. The molecule has 3 rings (SSSR count). The summed E-state index contributed by atoms with van der Waals surface area (Å²) in [6.07, 6.45) is 2.76. The van der Waals surface area contributed by atoms with Crippen molar-refractivity contribution in [3.8, 4) is 5.75 Å². The number of anilines is 1. The lowest BCUT2D eigenvalue weighted by Crippen LogP contribution is -2.37. The summed E-state index contributed by atoms with van der Waals surface area (Å²) in [5, 5.41) is 5.95. The van der Waals surface area contributed by atoms with Gasteiger partial charge in [0.05, 0.1) is 19.2 Å². The maximum atomic E-state index is 11.9. The molecule has 0 fully saturated rings. The monoisotopic (exact) mass is 353 g/mol. The summed E-state index contributed by atoms with van der Waals surface area (Å²) in [4.78, 5) is 20.3. The molecule has 0 radical (unpaired) electrons. The van der Waals surface area contributed by atoms with E-state index >= 15 is 0 Å². The molecule has 0 spiro atoms. The molecule has 7 heteroatoms. The van der Waals surface area contributed by atoms with Gasteiger partial charge in [-0.25, -0.2) is 4.98 Å². The number of ether oxygens (including phenoxy) is 1. The standard InChI is InChI=1S/C19H23N5O2/c1-13-6-7-17(22-12-13)24-18(25)8-10-21-19(20)23-15-9-11-26-16-5-3-2-4-14(15)16/h2-7,12,15H,8-11H2,1H3,(H3,20,21,23)(H,22,24,25). The van der Waals surface area contributed by atoms with Gasteiger partial charge in [0.1, 0.15) is 11.6 Å². The molecule has 2 heterocycles. The number of amides is 1. The predicted molar refractivity (Wildman–Crippen MR) is 101 cm³/mol. The number of hydrogen-bond donors (Lipinski definition) is 3. The van der Waals surface area contributed by atoms with E-state index < -0.39 is 0 Å². The molecule has 1 aromatic heterocycles. The number of pyridine rings is 1. The van der Waals surface area contributed by atoms with Crippen molar-refractivity contribution < 1.29 is 9.53 Å². The van der Waals surface area contributed by atoms with Crippen LogP contribution < -0.4 is 21.1 Å². The highest BCUT2D eigenvalue weighted by molar-refractivity contribution is 5.90. The Morgan fingerprint density at radius 2 is 2.19 bits per heavy atom. The Labute approximate surface area is 152 Å². The van der Waals surface area contributed by atoms with Crippen LogP contribution >= 0.6 is 0 Å². The maximum absolute atomic E-state index is 11.9. The van der Waals surface area contributed by atoms with Gasteiger partial charge in [-0.1, -0.05) is 24.3 Å². The van der Waals surface area contributed by atoms with E-state index in [-0.39, 0.29) is 18.4 Å². The summed E-state index contributed by atoms with van der Waals surface area (Å²) >= 11 is 0. The number of carbonyl (C=O) groups excluding carboxylic acids is 1. The Morgan fingerprint density at radius 3 is 3.00 bits per heavy atom. The Balaban J connectivity index is 1.48. The average Bonchev–Trinajstić information content (AvgIpc) is 2.64. The van der Waals surface area contributed by atoms with Crippen LogP contribution in [0.15, 0.2) is 47.6 Å². The number of hydrogen-bond acceptors (Lipinski definition) is 4. The Bertz CT molecular complexity index is 789. The molecule has 4 N–H and O–H groups in total. The highest BCUT2D eigenvalue weighted by Crippen LogP contribution is 2.31.